The summed E-state index contributed by atoms with van der Waals surface area (Å²) in [6.45, 7) is 2.59. The van der Waals surface area contributed by atoms with E-state index in [1.165, 1.54) is 13.3 Å². The normalized spacial score (nSPS) is 17.3. The maximum atomic E-state index is 10.9. The summed E-state index contributed by atoms with van der Waals surface area (Å²) in [6, 6.07) is -0.807. The SMILES string of the molecule is CC(Nc1ncnc(N2CCC(C(=O)O)CC2)n1)C(=O)O. The Morgan fingerprint density at radius 3 is 2.57 bits per heavy atom. The molecule has 9 heteroatoms. The smallest absolute Gasteiger partial charge is 0.325 e. The van der Waals surface area contributed by atoms with Gasteiger partial charge in [0.15, 0.2) is 0 Å². The van der Waals surface area contributed by atoms with Gasteiger partial charge >= 0.3 is 11.9 Å². The van der Waals surface area contributed by atoms with Crippen molar-refractivity contribution in [2.24, 2.45) is 5.92 Å². The molecule has 2 rings (SSSR count). The van der Waals surface area contributed by atoms with E-state index in [-0.39, 0.29) is 11.9 Å². The molecule has 1 aromatic heterocycles. The molecule has 0 radical (unpaired) electrons. The predicted molar refractivity (Wildman–Crippen MR) is 73.1 cm³/mol. The number of nitrogens with one attached hydrogen (secondary N) is 1. The van der Waals surface area contributed by atoms with Crippen LogP contribution >= 0.6 is 0 Å². The molecular formula is C12H17N5O4. The van der Waals surface area contributed by atoms with Gasteiger partial charge in [-0.15, -0.1) is 0 Å². The van der Waals surface area contributed by atoms with E-state index in [4.69, 9.17) is 10.2 Å². The summed E-state index contributed by atoms with van der Waals surface area (Å²) in [6.07, 6.45) is 2.38. The number of carboxylic acid groups (broad SMARTS) is 2. The van der Waals surface area contributed by atoms with E-state index in [9.17, 15) is 9.59 Å². The summed E-state index contributed by atoms with van der Waals surface area (Å²) in [5, 5.41) is 20.5. The molecule has 1 aliphatic heterocycles. The van der Waals surface area contributed by atoms with Gasteiger partial charge < -0.3 is 20.4 Å². The van der Waals surface area contributed by atoms with Gasteiger partial charge in [-0.3, -0.25) is 9.59 Å². The number of nitrogens with zero attached hydrogens (tertiary/aromatic N) is 4. The summed E-state index contributed by atoms with van der Waals surface area (Å²) in [4.78, 5) is 35.7. The Labute approximate surface area is 121 Å². The molecule has 1 fully saturated rings. The zero-order valence-corrected chi connectivity index (χ0v) is 11.6. The van der Waals surface area contributed by atoms with Gasteiger partial charge in [0.2, 0.25) is 11.9 Å². The second-order valence-electron chi connectivity index (χ2n) is 4.91. The lowest BCUT2D eigenvalue weighted by Crippen LogP contribution is -2.37. The Balaban J connectivity index is 2.01. The first-order valence-electron chi connectivity index (χ1n) is 6.63. The van der Waals surface area contributed by atoms with Gasteiger partial charge in [0.25, 0.3) is 0 Å². The van der Waals surface area contributed by atoms with Gasteiger partial charge in [0.1, 0.15) is 12.4 Å². The second-order valence-corrected chi connectivity index (χ2v) is 4.91. The molecule has 1 saturated heterocycles. The minimum absolute atomic E-state index is 0.190. The molecule has 1 aromatic rings. The third kappa shape index (κ3) is 3.77. The predicted octanol–water partition coefficient (Wildman–Crippen LogP) is 0.0576. The summed E-state index contributed by atoms with van der Waals surface area (Å²) in [7, 11) is 0. The fraction of sp³-hybridized carbons (Fsp3) is 0.583. The van der Waals surface area contributed by atoms with Crippen molar-refractivity contribution in [1.82, 2.24) is 15.0 Å². The largest absolute Gasteiger partial charge is 0.481 e. The van der Waals surface area contributed by atoms with Crippen LogP contribution in [0.5, 0.6) is 0 Å². The first-order valence-corrected chi connectivity index (χ1v) is 6.63. The van der Waals surface area contributed by atoms with Crippen LogP contribution in [0.1, 0.15) is 19.8 Å². The zero-order valence-electron chi connectivity index (χ0n) is 11.6. The zero-order chi connectivity index (χ0) is 15.4. The number of aliphatic carboxylic acids is 2. The Morgan fingerprint density at radius 1 is 1.33 bits per heavy atom. The molecule has 0 amide bonds. The van der Waals surface area contributed by atoms with Gasteiger partial charge in [-0.1, -0.05) is 0 Å². The van der Waals surface area contributed by atoms with E-state index in [2.05, 4.69) is 20.3 Å². The Morgan fingerprint density at radius 2 is 2.00 bits per heavy atom. The number of hydrogen-bond acceptors (Lipinski definition) is 7. The molecular weight excluding hydrogens is 278 g/mol. The first kappa shape index (κ1) is 14.9. The van der Waals surface area contributed by atoms with Crippen molar-refractivity contribution < 1.29 is 19.8 Å². The minimum atomic E-state index is -1.00. The van der Waals surface area contributed by atoms with Crippen molar-refractivity contribution in [3.8, 4) is 0 Å². The van der Waals surface area contributed by atoms with Gasteiger partial charge in [0, 0.05) is 13.1 Å². The molecule has 2 heterocycles. The molecule has 0 aromatic carbocycles. The Hall–Kier alpha value is -2.45. The van der Waals surface area contributed by atoms with Crippen LogP contribution in [-0.4, -0.2) is 56.2 Å². The van der Waals surface area contributed by atoms with Crippen LogP contribution in [0.3, 0.4) is 0 Å². The fourth-order valence-electron chi connectivity index (χ4n) is 2.09. The maximum absolute atomic E-state index is 10.9. The molecule has 1 atom stereocenters. The molecule has 0 spiro atoms. The number of carboxylic acids is 2. The standard InChI is InChI=1S/C12H17N5O4/c1-7(9(18)19)15-11-13-6-14-12(16-11)17-4-2-8(3-5-17)10(20)21/h6-8H,2-5H2,1H3,(H,18,19)(H,20,21)(H,13,14,15,16). The van der Waals surface area contributed by atoms with Crippen LogP contribution in [0.2, 0.25) is 0 Å². The highest BCUT2D eigenvalue weighted by Gasteiger charge is 2.26. The summed E-state index contributed by atoms with van der Waals surface area (Å²) in [5.41, 5.74) is 0. The third-order valence-electron chi connectivity index (χ3n) is 3.40. The topological polar surface area (TPSA) is 129 Å². The monoisotopic (exact) mass is 295 g/mol. The summed E-state index contributed by atoms with van der Waals surface area (Å²) in [5.74, 6) is -1.49. The highest BCUT2D eigenvalue weighted by Crippen LogP contribution is 2.21. The van der Waals surface area contributed by atoms with E-state index in [0.29, 0.717) is 31.9 Å². The molecule has 0 aliphatic carbocycles. The molecule has 1 unspecified atom stereocenters. The van der Waals surface area contributed by atoms with Crippen LogP contribution in [-0.2, 0) is 9.59 Å². The number of rotatable bonds is 5. The lowest BCUT2D eigenvalue weighted by molar-refractivity contribution is -0.142. The summed E-state index contributed by atoms with van der Waals surface area (Å²) < 4.78 is 0. The maximum Gasteiger partial charge on any atom is 0.325 e. The molecule has 3 N–H and O–H groups in total. The number of anilines is 2. The average Bonchev–Trinajstić information content (AvgIpc) is 2.47. The molecule has 9 nitrogen and oxygen atoms in total. The van der Waals surface area contributed by atoms with Gasteiger partial charge in [0.05, 0.1) is 5.92 Å². The number of hydrogen-bond donors (Lipinski definition) is 3. The van der Waals surface area contributed by atoms with E-state index in [0.717, 1.165) is 0 Å². The Kier molecular flexibility index (Phi) is 4.51. The number of piperidine rings is 1. The minimum Gasteiger partial charge on any atom is -0.481 e. The molecule has 0 saturated carbocycles. The van der Waals surface area contributed by atoms with Crippen LogP contribution in [0, 0.1) is 5.92 Å². The van der Waals surface area contributed by atoms with Crippen LogP contribution < -0.4 is 10.2 Å². The lowest BCUT2D eigenvalue weighted by atomic mass is 9.97. The average molecular weight is 295 g/mol. The van der Waals surface area contributed by atoms with Crippen molar-refractivity contribution in [2.45, 2.75) is 25.8 Å². The van der Waals surface area contributed by atoms with Crippen LogP contribution in [0.25, 0.3) is 0 Å². The molecule has 1 aliphatic rings. The fourth-order valence-corrected chi connectivity index (χ4v) is 2.09. The van der Waals surface area contributed by atoms with E-state index < -0.39 is 18.0 Å². The highest BCUT2D eigenvalue weighted by atomic mass is 16.4. The molecule has 21 heavy (non-hydrogen) atoms. The van der Waals surface area contributed by atoms with Crippen molar-refractivity contribution in [1.29, 1.82) is 0 Å². The first-order chi connectivity index (χ1) is 9.97. The highest BCUT2D eigenvalue weighted by molar-refractivity contribution is 5.75. The Bertz CT molecular complexity index is 530. The second kappa shape index (κ2) is 6.33. The van der Waals surface area contributed by atoms with Crippen LogP contribution in [0.4, 0.5) is 11.9 Å². The van der Waals surface area contributed by atoms with Crippen LogP contribution in [0.15, 0.2) is 6.33 Å². The summed E-state index contributed by atoms with van der Waals surface area (Å²) >= 11 is 0. The van der Waals surface area contributed by atoms with Crippen molar-refractivity contribution >= 4 is 23.8 Å². The van der Waals surface area contributed by atoms with E-state index in [1.807, 2.05) is 4.90 Å². The van der Waals surface area contributed by atoms with Gasteiger partial charge in [-0.05, 0) is 19.8 Å². The van der Waals surface area contributed by atoms with Crippen molar-refractivity contribution in [3.63, 3.8) is 0 Å². The number of aromatic nitrogens is 3. The van der Waals surface area contributed by atoms with Crippen molar-refractivity contribution in [2.75, 3.05) is 23.3 Å². The molecule has 0 bridgehead atoms. The van der Waals surface area contributed by atoms with E-state index >= 15 is 0 Å². The van der Waals surface area contributed by atoms with Gasteiger partial charge in [-0.2, -0.15) is 4.98 Å². The lowest BCUT2D eigenvalue weighted by Gasteiger charge is -2.30. The van der Waals surface area contributed by atoms with Gasteiger partial charge in [-0.25, -0.2) is 9.97 Å². The third-order valence-corrected chi connectivity index (χ3v) is 3.40. The quantitative estimate of drug-likeness (QED) is 0.690. The van der Waals surface area contributed by atoms with Crippen molar-refractivity contribution in [3.05, 3.63) is 6.33 Å². The van der Waals surface area contributed by atoms with E-state index in [1.54, 1.807) is 0 Å². The number of carbonyl (C=O) groups is 2. The molecule has 114 valence electrons.